The van der Waals surface area contributed by atoms with Gasteiger partial charge in [0.15, 0.2) is 0 Å². The lowest BCUT2D eigenvalue weighted by atomic mass is 10.00. The number of hydrogen-bond donors (Lipinski definition) is 2. The number of ether oxygens (including phenoxy) is 2. The summed E-state index contributed by atoms with van der Waals surface area (Å²) < 4.78 is 10.6. The minimum absolute atomic E-state index is 0.0303. The third-order valence-electron chi connectivity index (χ3n) is 4.40. The van der Waals surface area contributed by atoms with Gasteiger partial charge in [-0.1, -0.05) is 50.1 Å². The van der Waals surface area contributed by atoms with Gasteiger partial charge in [-0.05, 0) is 32.8 Å². The van der Waals surface area contributed by atoms with Crippen LogP contribution in [-0.2, 0) is 16.1 Å². The molecule has 1 aromatic carbocycles. The van der Waals surface area contributed by atoms with Gasteiger partial charge in [0.25, 0.3) is 0 Å². The summed E-state index contributed by atoms with van der Waals surface area (Å²) in [7, 11) is 0. The molecule has 1 rings (SSSR count). The van der Waals surface area contributed by atoms with Gasteiger partial charge in [0.1, 0.15) is 6.61 Å². The van der Waals surface area contributed by atoms with Crippen molar-refractivity contribution in [2.45, 2.75) is 71.6 Å². The molecule has 0 aromatic heterocycles. The lowest BCUT2D eigenvalue weighted by Gasteiger charge is -2.41. The molecule has 0 saturated heterocycles. The molecule has 1 unspecified atom stereocenters. The van der Waals surface area contributed by atoms with Crippen molar-refractivity contribution in [2.75, 3.05) is 19.8 Å². The largest absolute Gasteiger partial charge is 0.449 e. The molecule has 0 spiro atoms. The van der Waals surface area contributed by atoms with Crippen LogP contribution in [0.5, 0.6) is 0 Å². The Kier molecular flexibility index (Phi) is 11.1. The van der Waals surface area contributed by atoms with Crippen molar-refractivity contribution in [2.24, 2.45) is 0 Å². The van der Waals surface area contributed by atoms with Crippen molar-refractivity contribution in [1.29, 1.82) is 0 Å². The molecule has 0 fully saturated rings. The standard InChI is InChI=1S/C22H36N2O5/c1-5-6-13-19(16-23-20(26)28-15-10-14-25)24(22(2,3)4)21(27)29-17-18-11-8-7-9-12-18/h7-9,11-12,19,25H,5-6,10,13-17H2,1-4H3,(H,23,26). The van der Waals surface area contributed by atoms with E-state index in [0.29, 0.717) is 6.42 Å². The second kappa shape index (κ2) is 13.0. The van der Waals surface area contributed by atoms with Crippen LogP contribution in [0.2, 0.25) is 0 Å². The number of hydrogen-bond acceptors (Lipinski definition) is 5. The third kappa shape index (κ3) is 9.65. The molecule has 2 N–H and O–H groups in total. The maximum absolute atomic E-state index is 13.0. The predicted octanol–water partition coefficient (Wildman–Crippen LogP) is 4.09. The number of benzene rings is 1. The first-order chi connectivity index (χ1) is 13.8. The average Bonchev–Trinajstić information content (AvgIpc) is 2.68. The van der Waals surface area contributed by atoms with Crippen LogP contribution in [0.25, 0.3) is 0 Å². The van der Waals surface area contributed by atoms with Crippen molar-refractivity contribution in [3.63, 3.8) is 0 Å². The molecule has 7 nitrogen and oxygen atoms in total. The number of nitrogens with zero attached hydrogens (tertiary/aromatic N) is 1. The zero-order chi connectivity index (χ0) is 21.7. The number of aliphatic hydroxyl groups is 1. The lowest BCUT2D eigenvalue weighted by molar-refractivity contribution is 0.0360. The number of carbonyl (C=O) groups is 2. The van der Waals surface area contributed by atoms with Crippen LogP contribution in [0, 0.1) is 0 Å². The second-order valence-corrected chi connectivity index (χ2v) is 7.97. The van der Waals surface area contributed by atoms with Crippen LogP contribution in [-0.4, -0.2) is 53.5 Å². The molecule has 0 bridgehead atoms. The smallest absolute Gasteiger partial charge is 0.410 e. The van der Waals surface area contributed by atoms with Gasteiger partial charge in [-0.15, -0.1) is 0 Å². The maximum atomic E-state index is 13.0. The zero-order valence-electron chi connectivity index (χ0n) is 18.1. The van der Waals surface area contributed by atoms with E-state index in [1.807, 2.05) is 51.1 Å². The first-order valence-electron chi connectivity index (χ1n) is 10.3. The summed E-state index contributed by atoms with van der Waals surface area (Å²) in [6.45, 7) is 8.54. The molecule has 2 amide bonds. The van der Waals surface area contributed by atoms with Crippen molar-refractivity contribution in [3.05, 3.63) is 35.9 Å². The van der Waals surface area contributed by atoms with Crippen LogP contribution < -0.4 is 5.32 Å². The monoisotopic (exact) mass is 408 g/mol. The van der Waals surface area contributed by atoms with E-state index in [0.717, 1.165) is 24.8 Å². The van der Waals surface area contributed by atoms with Gasteiger partial charge in [-0.25, -0.2) is 9.59 Å². The maximum Gasteiger partial charge on any atom is 0.410 e. The predicted molar refractivity (Wildman–Crippen MR) is 113 cm³/mol. The molecule has 1 aromatic rings. The summed E-state index contributed by atoms with van der Waals surface area (Å²) in [6, 6.07) is 9.32. The number of amides is 2. The lowest BCUT2D eigenvalue weighted by Crippen LogP contribution is -2.55. The van der Waals surface area contributed by atoms with Gasteiger partial charge < -0.3 is 19.9 Å². The third-order valence-corrected chi connectivity index (χ3v) is 4.40. The van der Waals surface area contributed by atoms with Gasteiger partial charge >= 0.3 is 12.2 Å². The summed E-state index contributed by atoms with van der Waals surface area (Å²) in [5.74, 6) is 0. The van der Waals surface area contributed by atoms with E-state index in [9.17, 15) is 9.59 Å². The Balaban J connectivity index is 2.80. The highest BCUT2D eigenvalue weighted by molar-refractivity contribution is 5.70. The molecule has 1 atom stereocenters. The quantitative estimate of drug-likeness (QED) is 0.539. The van der Waals surface area contributed by atoms with Crippen molar-refractivity contribution >= 4 is 12.2 Å². The number of aliphatic hydroxyl groups excluding tert-OH is 1. The van der Waals surface area contributed by atoms with Crippen LogP contribution >= 0.6 is 0 Å². The summed E-state index contributed by atoms with van der Waals surface area (Å²) in [5.41, 5.74) is 0.444. The van der Waals surface area contributed by atoms with Crippen LogP contribution in [0.1, 0.15) is 58.9 Å². The topological polar surface area (TPSA) is 88.1 Å². The molecule has 164 valence electrons. The SMILES string of the molecule is CCCCC(CNC(=O)OCCCO)N(C(=O)OCc1ccccc1)C(C)(C)C. The molecule has 29 heavy (non-hydrogen) atoms. The number of unbranched alkanes of at least 4 members (excludes halogenated alkanes) is 1. The van der Waals surface area contributed by atoms with Crippen LogP contribution in [0.15, 0.2) is 30.3 Å². The van der Waals surface area contributed by atoms with E-state index < -0.39 is 17.7 Å². The van der Waals surface area contributed by atoms with Crippen molar-refractivity contribution in [3.8, 4) is 0 Å². The van der Waals surface area contributed by atoms with Gasteiger partial charge in [-0.3, -0.25) is 4.90 Å². The first-order valence-corrected chi connectivity index (χ1v) is 10.3. The van der Waals surface area contributed by atoms with Gasteiger partial charge in [0, 0.05) is 25.1 Å². The number of rotatable bonds is 11. The van der Waals surface area contributed by atoms with Crippen molar-refractivity contribution in [1.82, 2.24) is 10.2 Å². The van der Waals surface area contributed by atoms with E-state index in [1.54, 1.807) is 4.90 Å². The Labute approximate surface area is 174 Å². The molecule has 0 aliphatic carbocycles. The molecule has 0 saturated carbocycles. The summed E-state index contributed by atoms with van der Waals surface area (Å²) in [6.07, 6.45) is 2.08. The number of nitrogens with one attached hydrogen (secondary N) is 1. The normalized spacial score (nSPS) is 12.2. The molecule has 0 aliphatic heterocycles. The summed E-state index contributed by atoms with van der Waals surface area (Å²) in [5, 5.41) is 11.5. The average molecular weight is 409 g/mol. The van der Waals surface area contributed by atoms with Gasteiger partial charge in [-0.2, -0.15) is 0 Å². The molecular weight excluding hydrogens is 372 g/mol. The Morgan fingerprint density at radius 1 is 1.14 bits per heavy atom. The first kappa shape index (κ1) is 24.8. The van der Waals surface area contributed by atoms with E-state index in [1.165, 1.54) is 0 Å². The van der Waals surface area contributed by atoms with E-state index >= 15 is 0 Å². The zero-order valence-corrected chi connectivity index (χ0v) is 18.1. The highest BCUT2D eigenvalue weighted by Crippen LogP contribution is 2.22. The molecule has 7 heteroatoms. The van der Waals surface area contributed by atoms with E-state index in [4.69, 9.17) is 14.6 Å². The molecule has 0 radical (unpaired) electrons. The molecule has 0 heterocycles. The number of alkyl carbamates (subject to hydrolysis) is 1. The van der Waals surface area contributed by atoms with E-state index in [-0.39, 0.29) is 32.4 Å². The minimum atomic E-state index is -0.550. The van der Waals surface area contributed by atoms with Crippen LogP contribution in [0.4, 0.5) is 9.59 Å². The highest BCUT2D eigenvalue weighted by atomic mass is 16.6. The fraction of sp³-hybridized carbons (Fsp3) is 0.636. The number of carbonyl (C=O) groups excluding carboxylic acids is 2. The Morgan fingerprint density at radius 2 is 1.83 bits per heavy atom. The highest BCUT2D eigenvalue weighted by Gasteiger charge is 2.34. The molecule has 0 aliphatic rings. The van der Waals surface area contributed by atoms with Gasteiger partial charge in [0.2, 0.25) is 0 Å². The Hall–Kier alpha value is -2.28. The van der Waals surface area contributed by atoms with Crippen LogP contribution in [0.3, 0.4) is 0 Å². The fourth-order valence-electron chi connectivity index (χ4n) is 3.00. The summed E-state index contributed by atoms with van der Waals surface area (Å²) >= 11 is 0. The summed E-state index contributed by atoms with van der Waals surface area (Å²) in [4.78, 5) is 26.6. The second-order valence-electron chi connectivity index (χ2n) is 7.97. The molecular formula is C22H36N2O5. The van der Waals surface area contributed by atoms with Gasteiger partial charge in [0.05, 0.1) is 12.6 Å². The Bertz CT molecular complexity index is 601. The minimum Gasteiger partial charge on any atom is -0.449 e. The van der Waals surface area contributed by atoms with E-state index in [2.05, 4.69) is 12.2 Å². The fourth-order valence-corrected chi connectivity index (χ4v) is 3.00. The Morgan fingerprint density at radius 3 is 2.41 bits per heavy atom. The van der Waals surface area contributed by atoms with Crippen molar-refractivity contribution < 1.29 is 24.2 Å².